The van der Waals surface area contributed by atoms with E-state index < -0.39 is 0 Å². The molecule has 2 N–H and O–H groups in total. The topological polar surface area (TPSA) is 75.3 Å². The zero-order valence-corrected chi connectivity index (χ0v) is 17.5. The first-order valence-electron chi connectivity index (χ1n) is 10.5. The van der Waals surface area contributed by atoms with Crippen LogP contribution in [-0.4, -0.2) is 24.7 Å². The van der Waals surface area contributed by atoms with Crippen molar-refractivity contribution in [1.82, 2.24) is 19.6 Å². The first kappa shape index (κ1) is 18.4. The van der Waals surface area contributed by atoms with Crippen molar-refractivity contribution in [2.45, 2.75) is 31.6 Å². The molecule has 1 unspecified atom stereocenters. The summed E-state index contributed by atoms with van der Waals surface area (Å²) in [4.78, 5) is 9.60. The second-order valence-corrected chi connectivity index (χ2v) is 8.51. The smallest absolute Gasteiger partial charge is 0.182 e. The standard InChI is InChI=1S/C24H20ClN5O/c25-16-9-5-14(6-10-16)20-18-3-1-2-4-19(18)27-23-21(20)24-28-22(29-30(24)13-26-23)15-7-11-17(31)12-8-15/h5-13,20,27,31H,1-4H2. The van der Waals surface area contributed by atoms with Crippen LogP contribution in [0.5, 0.6) is 5.75 Å². The molecule has 6 nitrogen and oxygen atoms in total. The molecule has 1 atom stereocenters. The van der Waals surface area contributed by atoms with Gasteiger partial charge in [0.05, 0.1) is 5.56 Å². The second-order valence-electron chi connectivity index (χ2n) is 8.08. The number of fused-ring (bicyclic) bond motifs is 3. The van der Waals surface area contributed by atoms with Crippen molar-refractivity contribution in [3.8, 4) is 17.1 Å². The van der Waals surface area contributed by atoms with Gasteiger partial charge < -0.3 is 10.4 Å². The first-order chi connectivity index (χ1) is 15.2. The maximum Gasteiger partial charge on any atom is 0.182 e. The molecule has 154 valence electrons. The number of aromatic hydroxyl groups is 1. The van der Waals surface area contributed by atoms with E-state index in [0.717, 1.165) is 40.5 Å². The number of halogens is 1. The Labute approximate surface area is 184 Å². The summed E-state index contributed by atoms with van der Waals surface area (Å²) in [5.74, 6) is 1.73. The minimum Gasteiger partial charge on any atom is -0.508 e. The van der Waals surface area contributed by atoms with Gasteiger partial charge in [0.15, 0.2) is 11.5 Å². The highest BCUT2D eigenvalue weighted by molar-refractivity contribution is 6.30. The van der Waals surface area contributed by atoms with Crippen molar-refractivity contribution >= 4 is 23.1 Å². The van der Waals surface area contributed by atoms with Crippen LogP contribution in [0.4, 0.5) is 5.82 Å². The molecule has 0 saturated heterocycles. The molecule has 2 aliphatic rings. The maximum atomic E-state index is 9.61. The number of phenols is 1. The molecule has 0 radical (unpaired) electrons. The van der Waals surface area contributed by atoms with Crippen LogP contribution in [0, 0.1) is 0 Å². The van der Waals surface area contributed by atoms with E-state index in [2.05, 4.69) is 22.5 Å². The van der Waals surface area contributed by atoms with Gasteiger partial charge in [-0.1, -0.05) is 23.7 Å². The predicted octanol–water partition coefficient (Wildman–Crippen LogP) is 5.54. The molecule has 1 aliphatic carbocycles. The van der Waals surface area contributed by atoms with Crippen molar-refractivity contribution < 1.29 is 5.11 Å². The first-order valence-corrected chi connectivity index (χ1v) is 10.8. The monoisotopic (exact) mass is 429 g/mol. The average molecular weight is 430 g/mol. The van der Waals surface area contributed by atoms with Crippen LogP contribution in [0.1, 0.15) is 42.7 Å². The van der Waals surface area contributed by atoms with E-state index in [1.165, 1.54) is 29.7 Å². The van der Waals surface area contributed by atoms with E-state index in [9.17, 15) is 5.11 Å². The van der Waals surface area contributed by atoms with Gasteiger partial charge in [-0.05, 0) is 73.2 Å². The van der Waals surface area contributed by atoms with E-state index in [-0.39, 0.29) is 11.7 Å². The largest absolute Gasteiger partial charge is 0.508 e. The highest BCUT2D eigenvalue weighted by Crippen LogP contribution is 2.47. The van der Waals surface area contributed by atoms with Crippen molar-refractivity contribution in [3.63, 3.8) is 0 Å². The molecule has 6 rings (SSSR count). The number of hydrogen-bond acceptors (Lipinski definition) is 5. The molecular formula is C24H20ClN5O. The number of nitrogens with zero attached hydrogens (tertiary/aromatic N) is 4. The molecule has 1 aliphatic heterocycles. The Hall–Kier alpha value is -3.38. The third-order valence-corrected chi connectivity index (χ3v) is 6.42. The number of anilines is 1. The quantitative estimate of drug-likeness (QED) is 0.437. The molecule has 2 aromatic carbocycles. The number of benzene rings is 2. The van der Waals surface area contributed by atoms with Crippen molar-refractivity contribution in [3.05, 3.63) is 82.3 Å². The van der Waals surface area contributed by atoms with Gasteiger partial charge in [-0.25, -0.2) is 14.5 Å². The molecule has 4 aromatic rings. The van der Waals surface area contributed by atoms with Gasteiger partial charge in [0.25, 0.3) is 0 Å². The molecule has 2 aromatic heterocycles. The number of allylic oxidation sites excluding steroid dienone is 2. The number of rotatable bonds is 2. The highest BCUT2D eigenvalue weighted by atomic mass is 35.5. The number of nitrogens with one attached hydrogen (secondary N) is 1. The molecule has 0 amide bonds. The van der Waals surface area contributed by atoms with Crippen LogP contribution in [0.3, 0.4) is 0 Å². The third kappa shape index (κ3) is 3.06. The van der Waals surface area contributed by atoms with Gasteiger partial charge in [-0.3, -0.25) is 0 Å². The lowest BCUT2D eigenvalue weighted by Crippen LogP contribution is -2.23. The lowest BCUT2D eigenvalue weighted by Gasteiger charge is -2.34. The Morgan fingerprint density at radius 2 is 1.77 bits per heavy atom. The van der Waals surface area contributed by atoms with Crippen LogP contribution in [0.25, 0.3) is 17.0 Å². The zero-order chi connectivity index (χ0) is 20.9. The van der Waals surface area contributed by atoms with E-state index in [0.29, 0.717) is 5.82 Å². The molecule has 0 saturated carbocycles. The van der Waals surface area contributed by atoms with Crippen LogP contribution in [-0.2, 0) is 0 Å². The normalized spacial score (nSPS) is 17.9. The van der Waals surface area contributed by atoms with Gasteiger partial charge in [-0.2, -0.15) is 0 Å². The fraction of sp³-hybridized carbons (Fsp3) is 0.208. The Kier molecular flexibility index (Phi) is 4.21. The lowest BCUT2D eigenvalue weighted by molar-refractivity contribution is 0.475. The molecular weight excluding hydrogens is 410 g/mol. The Balaban J connectivity index is 1.57. The summed E-state index contributed by atoms with van der Waals surface area (Å²) >= 11 is 6.18. The van der Waals surface area contributed by atoms with Crippen LogP contribution in [0.15, 0.2) is 66.1 Å². The highest BCUT2D eigenvalue weighted by Gasteiger charge is 2.34. The molecule has 7 heteroatoms. The molecule has 3 heterocycles. The number of phenolic OH excluding ortho intramolecular Hbond substituents is 1. The molecule has 0 bridgehead atoms. The summed E-state index contributed by atoms with van der Waals surface area (Å²) in [5.41, 5.74) is 6.56. The Bertz CT molecular complexity index is 1320. The van der Waals surface area contributed by atoms with E-state index >= 15 is 0 Å². The summed E-state index contributed by atoms with van der Waals surface area (Å²) in [6.45, 7) is 0. The van der Waals surface area contributed by atoms with Gasteiger partial charge in [0.2, 0.25) is 0 Å². The molecule has 31 heavy (non-hydrogen) atoms. The molecule has 0 spiro atoms. The summed E-state index contributed by atoms with van der Waals surface area (Å²) in [7, 11) is 0. The second kappa shape index (κ2) is 7.10. The van der Waals surface area contributed by atoms with Gasteiger partial charge >= 0.3 is 0 Å². The van der Waals surface area contributed by atoms with E-state index in [1.807, 2.05) is 24.3 Å². The van der Waals surface area contributed by atoms with Crippen molar-refractivity contribution in [2.75, 3.05) is 5.32 Å². The fourth-order valence-electron chi connectivity index (χ4n) is 4.70. The maximum absolute atomic E-state index is 9.61. The Morgan fingerprint density at radius 1 is 1.00 bits per heavy atom. The average Bonchev–Trinajstić information content (AvgIpc) is 3.23. The minimum atomic E-state index is 0.0666. The summed E-state index contributed by atoms with van der Waals surface area (Å²) in [6.07, 6.45) is 6.17. The van der Waals surface area contributed by atoms with Crippen LogP contribution < -0.4 is 5.32 Å². The SMILES string of the molecule is Oc1ccc(-c2nc3c4c(ncn3n2)NC2=C(CCCC2)C4c2ccc(Cl)cc2)cc1. The molecule has 0 fully saturated rings. The van der Waals surface area contributed by atoms with Gasteiger partial charge in [0, 0.05) is 22.2 Å². The number of aromatic nitrogens is 4. The van der Waals surface area contributed by atoms with Gasteiger partial charge in [0.1, 0.15) is 17.9 Å². The fourth-order valence-corrected chi connectivity index (χ4v) is 4.83. The minimum absolute atomic E-state index is 0.0666. The summed E-state index contributed by atoms with van der Waals surface area (Å²) in [6, 6.07) is 15.0. The van der Waals surface area contributed by atoms with E-state index in [4.69, 9.17) is 21.6 Å². The van der Waals surface area contributed by atoms with Crippen LogP contribution >= 0.6 is 11.6 Å². The summed E-state index contributed by atoms with van der Waals surface area (Å²) in [5, 5.41) is 18.6. The third-order valence-electron chi connectivity index (χ3n) is 6.17. The predicted molar refractivity (Wildman–Crippen MR) is 120 cm³/mol. The summed E-state index contributed by atoms with van der Waals surface area (Å²) < 4.78 is 1.75. The Morgan fingerprint density at radius 3 is 2.58 bits per heavy atom. The number of hydrogen-bond donors (Lipinski definition) is 2. The van der Waals surface area contributed by atoms with Crippen molar-refractivity contribution in [2.24, 2.45) is 0 Å². The van der Waals surface area contributed by atoms with Crippen molar-refractivity contribution in [1.29, 1.82) is 0 Å². The van der Waals surface area contributed by atoms with E-state index in [1.54, 1.807) is 23.0 Å². The van der Waals surface area contributed by atoms with Gasteiger partial charge in [-0.15, -0.1) is 5.10 Å². The van der Waals surface area contributed by atoms with Crippen LogP contribution in [0.2, 0.25) is 5.02 Å². The zero-order valence-electron chi connectivity index (χ0n) is 16.7. The lowest BCUT2D eigenvalue weighted by atomic mass is 9.77.